The van der Waals surface area contributed by atoms with Gasteiger partial charge in [-0.15, -0.1) is 0 Å². The third-order valence-electron chi connectivity index (χ3n) is 4.33. The van der Waals surface area contributed by atoms with Crippen LogP contribution in [-0.2, 0) is 17.3 Å². The summed E-state index contributed by atoms with van der Waals surface area (Å²) in [7, 11) is 0. The van der Waals surface area contributed by atoms with Gasteiger partial charge in [-0.05, 0) is 23.3 Å². The van der Waals surface area contributed by atoms with Gasteiger partial charge in [0.15, 0.2) is 0 Å². The van der Waals surface area contributed by atoms with Gasteiger partial charge >= 0.3 is 0 Å². The molecule has 1 atom stereocenters. The largest absolute Gasteiger partial charge is 0.493 e. The highest BCUT2D eigenvalue weighted by Gasteiger charge is 2.38. The molecule has 3 heterocycles. The molecule has 2 aliphatic rings. The fraction of sp³-hybridized carbons (Fsp3) is 0.353. The second-order valence-corrected chi connectivity index (χ2v) is 5.80. The second-order valence-electron chi connectivity index (χ2n) is 5.80. The summed E-state index contributed by atoms with van der Waals surface area (Å²) in [5.41, 5.74) is 2.70. The zero-order chi connectivity index (χ0) is 16.0. The van der Waals surface area contributed by atoms with Gasteiger partial charge in [0.05, 0.1) is 31.8 Å². The number of rotatable bonds is 1. The number of hydrogen-bond acceptors (Lipinski definition) is 4. The number of hydrogen-bond donors (Lipinski definition) is 1. The third-order valence-corrected chi connectivity index (χ3v) is 4.33. The first kappa shape index (κ1) is 14.5. The molecule has 120 valence electrons. The van der Waals surface area contributed by atoms with Crippen LogP contribution in [0.4, 0.5) is 8.78 Å². The van der Waals surface area contributed by atoms with E-state index in [1.54, 1.807) is 24.5 Å². The lowest BCUT2D eigenvalue weighted by molar-refractivity contribution is -0.0404. The van der Waals surface area contributed by atoms with Gasteiger partial charge in [0.1, 0.15) is 11.9 Å². The molecule has 0 saturated heterocycles. The maximum absolute atomic E-state index is 14.1. The van der Waals surface area contributed by atoms with Gasteiger partial charge in [-0.25, -0.2) is 8.78 Å². The van der Waals surface area contributed by atoms with Crippen LogP contribution in [0.3, 0.4) is 0 Å². The van der Waals surface area contributed by atoms with Crippen molar-refractivity contribution in [2.75, 3.05) is 13.2 Å². The summed E-state index contributed by atoms with van der Waals surface area (Å²) in [4.78, 5) is 4.14. The third kappa shape index (κ3) is 2.38. The maximum Gasteiger partial charge on any atom is 0.280 e. The van der Waals surface area contributed by atoms with Gasteiger partial charge < -0.3 is 14.6 Å². The highest BCUT2D eigenvalue weighted by molar-refractivity contribution is 5.70. The van der Waals surface area contributed by atoms with Crippen molar-refractivity contribution >= 4 is 0 Å². The number of nitrogens with zero attached hydrogens (tertiary/aromatic N) is 1. The summed E-state index contributed by atoms with van der Waals surface area (Å²) in [6.45, 7) is 0.560. The molecule has 1 N–H and O–H groups in total. The normalized spacial score (nSPS) is 22.0. The highest BCUT2D eigenvalue weighted by Crippen LogP contribution is 2.43. The Balaban J connectivity index is 1.85. The summed E-state index contributed by atoms with van der Waals surface area (Å²) in [6.07, 6.45) is 2.15. The number of aliphatic hydroxyl groups excluding tert-OH is 1. The lowest BCUT2D eigenvalue weighted by Crippen LogP contribution is -2.24. The van der Waals surface area contributed by atoms with E-state index in [0.29, 0.717) is 23.3 Å². The topological polar surface area (TPSA) is 51.6 Å². The minimum atomic E-state index is -2.90. The first-order chi connectivity index (χ1) is 11.1. The molecule has 0 spiro atoms. The van der Waals surface area contributed by atoms with Crippen molar-refractivity contribution < 1.29 is 23.4 Å². The molecule has 4 nitrogen and oxygen atoms in total. The van der Waals surface area contributed by atoms with E-state index in [1.807, 2.05) is 0 Å². The maximum atomic E-state index is 14.1. The molecular weight excluding hydrogens is 304 g/mol. The molecule has 0 radical (unpaired) electrons. The number of halogens is 2. The fourth-order valence-electron chi connectivity index (χ4n) is 3.10. The predicted octanol–water partition coefficient (Wildman–Crippen LogP) is 3.19. The quantitative estimate of drug-likeness (QED) is 0.877. The Hall–Kier alpha value is -2.05. The minimum Gasteiger partial charge on any atom is -0.493 e. The molecule has 6 heteroatoms. The SMILES string of the molecule is OC1COCc2c(-c3ccc4c(c3)C(F)(F)CCO4)cncc21. The molecular formula is C17H15F2NO3. The summed E-state index contributed by atoms with van der Waals surface area (Å²) in [6, 6.07) is 4.75. The molecule has 1 unspecified atom stereocenters. The molecule has 23 heavy (non-hydrogen) atoms. The lowest BCUT2D eigenvalue weighted by atomic mass is 9.92. The van der Waals surface area contributed by atoms with E-state index < -0.39 is 12.0 Å². The van der Waals surface area contributed by atoms with Gasteiger partial charge in [0, 0.05) is 23.5 Å². The number of aromatic nitrogens is 1. The van der Waals surface area contributed by atoms with Crippen molar-refractivity contribution in [3.05, 3.63) is 47.3 Å². The monoisotopic (exact) mass is 319 g/mol. The minimum absolute atomic E-state index is 0.0155. The molecule has 1 aromatic carbocycles. The number of alkyl halides is 2. The van der Waals surface area contributed by atoms with Crippen molar-refractivity contribution in [3.63, 3.8) is 0 Å². The number of pyridine rings is 1. The van der Waals surface area contributed by atoms with Crippen LogP contribution in [0.2, 0.25) is 0 Å². The molecule has 0 bridgehead atoms. The number of aliphatic hydroxyl groups is 1. The molecule has 0 amide bonds. The molecule has 1 aromatic heterocycles. The van der Waals surface area contributed by atoms with Crippen LogP contribution in [0.1, 0.15) is 29.2 Å². The van der Waals surface area contributed by atoms with E-state index >= 15 is 0 Å². The lowest BCUT2D eigenvalue weighted by Gasteiger charge is -2.27. The van der Waals surface area contributed by atoms with Crippen molar-refractivity contribution in [1.82, 2.24) is 4.98 Å². The van der Waals surface area contributed by atoms with Gasteiger partial charge in [-0.1, -0.05) is 6.07 Å². The molecule has 4 rings (SSSR count). The molecule has 2 aliphatic heterocycles. The van der Waals surface area contributed by atoms with Gasteiger partial charge in [0.25, 0.3) is 5.92 Å². The molecule has 2 aromatic rings. The van der Waals surface area contributed by atoms with E-state index in [4.69, 9.17) is 9.47 Å². The highest BCUT2D eigenvalue weighted by atomic mass is 19.3. The van der Waals surface area contributed by atoms with E-state index in [1.165, 1.54) is 6.07 Å². The van der Waals surface area contributed by atoms with Crippen molar-refractivity contribution in [2.24, 2.45) is 0 Å². The van der Waals surface area contributed by atoms with Crippen LogP contribution in [0, 0.1) is 0 Å². The summed E-state index contributed by atoms with van der Waals surface area (Å²) < 4.78 is 39.0. The van der Waals surface area contributed by atoms with Crippen LogP contribution in [0.15, 0.2) is 30.6 Å². The Morgan fingerprint density at radius 1 is 1.26 bits per heavy atom. The summed E-state index contributed by atoms with van der Waals surface area (Å²) in [5.74, 6) is -2.68. The predicted molar refractivity (Wildman–Crippen MR) is 78.3 cm³/mol. The van der Waals surface area contributed by atoms with Crippen molar-refractivity contribution in [2.45, 2.75) is 25.1 Å². The van der Waals surface area contributed by atoms with Crippen LogP contribution >= 0.6 is 0 Å². The standard InChI is InChI=1S/C17H15F2NO3/c18-17(19)3-4-23-16-2-1-10(5-14(16)17)11-6-20-7-12-13(11)8-22-9-15(12)21/h1-2,5-7,15,21H,3-4,8-9H2. The number of ether oxygens (including phenoxy) is 2. The van der Waals surface area contributed by atoms with E-state index in [2.05, 4.69) is 4.98 Å². The van der Waals surface area contributed by atoms with E-state index in [9.17, 15) is 13.9 Å². The Labute approximate surface area is 131 Å². The number of fused-ring (bicyclic) bond motifs is 2. The van der Waals surface area contributed by atoms with Crippen LogP contribution in [0.25, 0.3) is 11.1 Å². The average Bonchev–Trinajstić information content (AvgIpc) is 2.54. The zero-order valence-electron chi connectivity index (χ0n) is 12.3. The Bertz CT molecular complexity index is 763. The number of benzene rings is 1. The van der Waals surface area contributed by atoms with Crippen LogP contribution < -0.4 is 4.74 Å². The van der Waals surface area contributed by atoms with Crippen molar-refractivity contribution in [1.29, 1.82) is 0 Å². The Kier molecular flexibility index (Phi) is 3.32. The van der Waals surface area contributed by atoms with Gasteiger partial charge in [-0.2, -0.15) is 0 Å². The van der Waals surface area contributed by atoms with E-state index in [0.717, 1.165) is 5.56 Å². The molecule has 0 aliphatic carbocycles. The molecule has 0 fully saturated rings. The smallest absolute Gasteiger partial charge is 0.280 e. The Morgan fingerprint density at radius 3 is 3.00 bits per heavy atom. The van der Waals surface area contributed by atoms with Gasteiger partial charge in [0.2, 0.25) is 0 Å². The van der Waals surface area contributed by atoms with Crippen molar-refractivity contribution in [3.8, 4) is 16.9 Å². The first-order valence-electron chi connectivity index (χ1n) is 7.44. The van der Waals surface area contributed by atoms with Crippen LogP contribution in [-0.4, -0.2) is 23.3 Å². The zero-order valence-corrected chi connectivity index (χ0v) is 12.3. The second kappa shape index (κ2) is 5.25. The average molecular weight is 319 g/mol. The van der Waals surface area contributed by atoms with E-state index in [-0.39, 0.29) is 30.9 Å². The van der Waals surface area contributed by atoms with Gasteiger partial charge in [-0.3, -0.25) is 4.98 Å². The fourth-order valence-corrected chi connectivity index (χ4v) is 3.10. The Morgan fingerprint density at radius 2 is 2.13 bits per heavy atom. The molecule has 0 saturated carbocycles. The first-order valence-corrected chi connectivity index (χ1v) is 7.44. The summed E-state index contributed by atoms with van der Waals surface area (Å²) >= 11 is 0. The van der Waals surface area contributed by atoms with Crippen LogP contribution in [0.5, 0.6) is 5.75 Å². The summed E-state index contributed by atoms with van der Waals surface area (Å²) in [5, 5.41) is 10.0.